The van der Waals surface area contributed by atoms with Gasteiger partial charge in [0.05, 0.1) is 5.02 Å². The predicted octanol–water partition coefficient (Wildman–Crippen LogP) is 1.71. The first-order valence-electron chi connectivity index (χ1n) is 4.20. The minimum atomic E-state index is -0.471. The van der Waals surface area contributed by atoms with Gasteiger partial charge in [-0.2, -0.15) is 0 Å². The van der Waals surface area contributed by atoms with Gasteiger partial charge in [-0.1, -0.05) is 11.6 Å². The van der Waals surface area contributed by atoms with Gasteiger partial charge in [0, 0.05) is 11.6 Å². The van der Waals surface area contributed by atoms with Gasteiger partial charge in [0.1, 0.15) is 5.82 Å². The summed E-state index contributed by atoms with van der Waals surface area (Å²) in [7, 11) is 0. The van der Waals surface area contributed by atoms with Gasteiger partial charge in [0.25, 0.3) is 0 Å². The summed E-state index contributed by atoms with van der Waals surface area (Å²) < 4.78 is 23.8. The van der Waals surface area contributed by atoms with Crippen LogP contribution < -0.4 is 15.2 Å². The van der Waals surface area contributed by atoms with E-state index in [2.05, 4.69) is 0 Å². The lowest BCUT2D eigenvalue weighted by Crippen LogP contribution is -2.06. The minimum Gasteiger partial charge on any atom is -0.454 e. The summed E-state index contributed by atoms with van der Waals surface area (Å²) in [5, 5.41) is 0.0395. The Labute approximate surface area is 85.6 Å². The van der Waals surface area contributed by atoms with E-state index in [1.165, 1.54) is 6.07 Å². The highest BCUT2D eigenvalue weighted by molar-refractivity contribution is 6.31. The molecule has 0 aliphatic carbocycles. The minimum absolute atomic E-state index is 0.0395. The summed E-state index contributed by atoms with van der Waals surface area (Å²) in [5.41, 5.74) is 5.76. The third kappa shape index (κ3) is 1.40. The van der Waals surface area contributed by atoms with E-state index >= 15 is 0 Å². The van der Waals surface area contributed by atoms with E-state index in [1.54, 1.807) is 0 Å². The molecule has 14 heavy (non-hydrogen) atoms. The molecule has 1 aliphatic rings. The average Bonchev–Trinajstić information content (AvgIpc) is 2.60. The van der Waals surface area contributed by atoms with Gasteiger partial charge in [-0.05, 0) is 13.0 Å². The number of nitrogens with two attached hydrogens (primary N) is 1. The van der Waals surface area contributed by atoms with E-state index in [4.69, 9.17) is 26.8 Å². The van der Waals surface area contributed by atoms with Crippen LogP contribution in [0, 0.1) is 5.82 Å². The van der Waals surface area contributed by atoms with Crippen LogP contribution in [0.5, 0.6) is 11.5 Å². The molecule has 1 aromatic carbocycles. The van der Waals surface area contributed by atoms with E-state index < -0.39 is 5.82 Å². The van der Waals surface area contributed by atoms with Crippen molar-refractivity contribution in [2.24, 2.45) is 5.73 Å². The normalized spacial score (nSPS) is 13.4. The van der Waals surface area contributed by atoms with Gasteiger partial charge >= 0.3 is 0 Å². The summed E-state index contributed by atoms with van der Waals surface area (Å²) in [4.78, 5) is 0. The zero-order valence-electron chi connectivity index (χ0n) is 7.35. The molecular weight excluding hydrogens is 209 g/mol. The number of rotatable bonds is 2. The second-order valence-corrected chi connectivity index (χ2v) is 3.33. The summed E-state index contributed by atoms with van der Waals surface area (Å²) in [6.45, 7) is 0.444. The van der Waals surface area contributed by atoms with Gasteiger partial charge in [-0.25, -0.2) is 4.39 Å². The lowest BCUT2D eigenvalue weighted by Gasteiger charge is -2.07. The van der Waals surface area contributed by atoms with Crippen molar-refractivity contribution in [2.75, 3.05) is 13.3 Å². The number of fused-ring (bicyclic) bond motifs is 1. The monoisotopic (exact) mass is 217 g/mol. The molecule has 0 saturated carbocycles. The molecule has 1 aliphatic heterocycles. The molecule has 76 valence electrons. The molecule has 3 nitrogen and oxygen atoms in total. The fraction of sp³-hybridized carbons (Fsp3) is 0.333. The second-order valence-electron chi connectivity index (χ2n) is 2.92. The molecule has 0 unspecified atom stereocenters. The van der Waals surface area contributed by atoms with Crippen LogP contribution in [0.15, 0.2) is 6.07 Å². The Morgan fingerprint density at radius 3 is 3.00 bits per heavy atom. The smallest absolute Gasteiger partial charge is 0.231 e. The zero-order valence-corrected chi connectivity index (χ0v) is 8.10. The molecule has 2 N–H and O–H groups in total. The highest BCUT2D eigenvalue weighted by Gasteiger charge is 2.23. The van der Waals surface area contributed by atoms with Crippen LogP contribution in [0.3, 0.4) is 0 Å². The van der Waals surface area contributed by atoms with Crippen molar-refractivity contribution in [1.82, 2.24) is 0 Å². The first-order chi connectivity index (χ1) is 6.74. The lowest BCUT2D eigenvalue weighted by atomic mass is 10.1. The van der Waals surface area contributed by atoms with Crippen molar-refractivity contribution < 1.29 is 13.9 Å². The first kappa shape index (κ1) is 9.55. The van der Waals surface area contributed by atoms with Crippen LogP contribution in [0.25, 0.3) is 0 Å². The lowest BCUT2D eigenvalue weighted by molar-refractivity contribution is 0.173. The number of benzene rings is 1. The van der Waals surface area contributed by atoms with Crippen LogP contribution in [-0.2, 0) is 6.42 Å². The van der Waals surface area contributed by atoms with Crippen molar-refractivity contribution >= 4 is 11.6 Å². The molecule has 0 spiro atoms. The first-order valence-corrected chi connectivity index (χ1v) is 4.58. The summed E-state index contributed by atoms with van der Waals surface area (Å²) in [6, 6.07) is 1.42. The van der Waals surface area contributed by atoms with E-state index in [-0.39, 0.29) is 11.8 Å². The molecule has 5 heteroatoms. The largest absolute Gasteiger partial charge is 0.454 e. The van der Waals surface area contributed by atoms with Gasteiger partial charge in [0.15, 0.2) is 11.5 Å². The molecule has 0 aromatic heterocycles. The van der Waals surface area contributed by atoms with Crippen LogP contribution in [0.1, 0.15) is 5.56 Å². The third-order valence-electron chi connectivity index (χ3n) is 2.04. The predicted molar refractivity (Wildman–Crippen MR) is 50.3 cm³/mol. The molecular formula is C9H9ClFNO2. The fourth-order valence-corrected chi connectivity index (χ4v) is 1.63. The molecule has 1 heterocycles. The maximum Gasteiger partial charge on any atom is 0.231 e. The molecule has 0 atom stereocenters. The van der Waals surface area contributed by atoms with E-state index in [0.717, 1.165) is 0 Å². The third-order valence-corrected chi connectivity index (χ3v) is 2.32. The molecule has 0 fully saturated rings. The van der Waals surface area contributed by atoms with E-state index in [0.29, 0.717) is 30.0 Å². The van der Waals surface area contributed by atoms with Crippen molar-refractivity contribution in [2.45, 2.75) is 6.42 Å². The van der Waals surface area contributed by atoms with E-state index in [1.807, 2.05) is 0 Å². The average molecular weight is 218 g/mol. The Kier molecular flexibility index (Phi) is 2.48. The van der Waals surface area contributed by atoms with Crippen LogP contribution >= 0.6 is 11.6 Å². The van der Waals surface area contributed by atoms with Crippen LogP contribution in [0.2, 0.25) is 5.02 Å². The van der Waals surface area contributed by atoms with Crippen molar-refractivity contribution in [3.8, 4) is 11.5 Å². The Bertz CT molecular complexity index is 370. The van der Waals surface area contributed by atoms with E-state index in [9.17, 15) is 4.39 Å². The van der Waals surface area contributed by atoms with Crippen molar-refractivity contribution in [1.29, 1.82) is 0 Å². The zero-order chi connectivity index (χ0) is 10.1. The molecule has 0 bridgehead atoms. The Balaban J connectivity index is 2.54. The highest BCUT2D eigenvalue weighted by atomic mass is 35.5. The van der Waals surface area contributed by atoms with Gasteiger partial charge < -0.3 is 15.2 Å². The van der Waals surface area contributed by atoms with Crippen molar-refractivity contribution in [3.63, 3.8) is 0 Å². The summed E-state index contributed by atoms with van der Waals surface area (Å²) in [6.07, 6.45) is 0.387. The number of hydrogen-bond donors (Lipinski definition) is 1. The molecule has 1 aromatic rings. The number of ether oxygens (including phenoxy) is 2. The maximum atomic E-state index is 13.5. The van der Waals surface area contributed by atoms with Gasteiger partial charge in [-0.15, -0.1) is 0 Å². The van der Waals surface area contributed by atoms with Crippen LogP contribution in [0.4, 0.5) is 4.39 Å². The Hall–Kier alpha value is -1.00. The second kappa shape index (κ2) is 3.63. The maximum absolute atomic E-state index is 13.5. The molecule has 0 radical (unpaired) electrons. The SMILES string of the molecule is NCCc1c(F)c(Cl)cc2c1OCO2. The van der Waals surface area contributed by atoms with Crippen molar-refractivity contribution in [3.05, 3.63) is 22.5 Å². The number of hydrogen-bond acceptors (Lipinski definition) is 3. The van der Waals surface area contributed by atoms with Crippen LogP contribution in [-0.4, -0.2) is 13.3 Å². The summed E-state index contributed by atoms with van der Waals surface area (Å²) >= 11 is 5.68. The number of halogens is 2. The standard InChI is InChI=1S/C9H9ClFNO2/c10-6-3-7-9(14-4-13-7)5(1-2-12)8(6)11/h3H,1-2,4,12H2. The molecule has 2 rings (SSSR count). The fourth-order valence-electron chi connectivity index (χ4n) is 1.42. The Morgan fingerprint density at radius 1 is 1.50 bits per heavy atom. The summed E-state index contributed by atoms with van der Waals surface area (Å²) in [5.74, 6) is 0.443. The molecule has 0 saturated heterocycles. The quantitative estimate of drug-likeness (QED) is 0.820. The van der Waals surface area contributed by atoms with Gasteiger partial charge in [-0.3, -0.25) is 0 Å². The highest BCUT2D eigenvalue weighted by Crippen LogP contribution is 2.40. The molecule has 0 amide bonds. The van der Waals surface area contributed by atoms with Gasteiger partial charge in [0.2, 0.25) is 6.79 Å². The topological polar surface area (TPSA) is 44.5 Å². The Morgan fingerprint density at radius 2 is 2.29 bits per heavy atom.